The summed E-state index contributed by atoms with van der Waals surface area (Å²) in [4.78, 5) is 47.3. The van der Waals surface area contributed by atoms with Gasteiger partial charge in [-0.1, -0.05) is 12.1 Å². The lowest BCUT2D eigenvalue weighted by Crippen LogP contribution is -2.39. The third-order valence-corrected chi connectivity index (χ3v) is 2.59. The average molecular weight is 306 g/mol. The van der Waals surface area contributed by atoms with E-state index in [0.717, 1.165) is 6.07 Å². The first-order chi connectivity index (χ1) is 10.5. The maximum absolute atomic E-state index is 11.9. The monoisotopic (exact) mass is 306 g/mol. The van der Waals surface area contributed by atoms with Crippen LogP contribution in [-0.4, -0.2) is 32.3 Å². The molecule has 1 aromatic carbocycles. The molecule has 1 aromatic heterocycles. The van der Waals surface area contributed by atoms with Gasteiger partial charge in [0.15, 0.2) is 0 Å². The zero-order valence-corrected chi connectivity index (χ0v) is 11.3. The van der Waals surface area contributed by atoms with E-state index in [0.29, 0.717) is 4.68 Å². The highest BCUT2D eigenvalue weighted by Gasteiger charge is 2.20. The molecule has 1 N–H and O–H groups in total. The fraction of sp³-hybridized carbons (Fsp3) is 0.167. The highest BCUT2D eigenvalue weighted by molar-refractivity contribution is 5.84. The van der Waals surface area contributed by atoms with E-state index in [1.807, 2.05) is 4.98 Å². The molecule has 0 amide bonds. The Morgan fingerprint density at radius 2 is 2.09 bits per heavy atom. The molecular weight excluding hydrogens is 296 g/mol. The van der Waals surface area contributed by atoms with Gasteiger partial charge in [-0.05, 0) is 13.0 Å². The minimum Gasteiger partial charge on any atom is -0.460 e. The number of ether oxygens (including phenoxy) is 1. The first-order valence-electron chi connectivity index (χ1n) is 6.10. The van der Waals surface area contributed by atoms with Crippen LogP contribution in [0.3, 0.4) is 0 Å². The van der Waals surface area contributed by atoms with E-state index < -0.39 is 33.5 Å². The predicted molar refractivity (Wildman–Crippen MR) is 73.1 cm³/mol. The lowest BCUT2D eigenvalue weighted by molar-refractivity contribution is -0.384. The van der Waals surface area contributed by atoms with E-state index in [4.69, 9.17) is 0 Å². The molecule has 2 aromatic rings. The second-order valence-corrected chi connectivity index (χ2v) is 3.99. The van der Waals surface area contributed by atoms with Gasteiger partial charge in [0, 0.05) is 6.07 Å². The van der Waals surface area contributed by atoms with Crippen LogP contribution in [0.15, 0.2) is 33.9 Å². The van der Waals surface area contributed by atoms with Gasteiger partial charge >= 0.3 is 17.1 Å². The van der Waals surface area contributed by atoms with Crippen LogP contribution in [0, 0.1) is 10.1 Å². The molecule has 0 spiro atoms. The Hall–Kier alpha value is -3.30. The number of H-pyrrole nitrogens is 1. The first-order valence-corrected chi connectivity index (χ1v) is 6.10. The number of carbonyl (C=O) groups is 1. The summed E-state index contributed by atoms with van der Waals surface area (Å²) < 4.78 is 5.17. The van der Waals surface area contributed by atoms with Crippen molar-refractivity contribution in [1.82, 2.24) is 14.8 Å². The van der Waals surface area contributed by atoms with Crippen molar-refractivity contribution >= 4 is 11.7 Å². The second-order valence-electron chi connectivity index (χ2n) is 3.99. The number of aromatic amines is 1. The van der Waals surface area contributed by atoms with Crippen molar-refractivity contribution in [2.45, 2.75) is 6.92 Å². The van der Waals surface area contributed by atoms with Gasteiger partial charge in [0.25, 0.3) is 5.69 Å². The summed E-state index contributed by atoms with van der Waals surface area (Å²) in [5.41, 5.74) is -2.95. The van der Waals surface area contributed by atoms with Crippen LogP contribution >= 0.6 is 0 Å². The molecule has 114 valence electrons. The Bertz CT molecular complexity index is 853. The quantitative estimate of drug-likeness (QED) is 0.363. The number of nitrogens with one attached hydrogen (secondary N) is 1. The van der Waals surface area contributed by atoms with Gasteiger partial charge < -0.3 is 4.74 Å². The Balaban J connectivity index is 2.71. The van der Waals surface area contributed by atoms with Gasteiger partial charge in [0.2, 0.25) is 5.82 Å². The number of hydrogen-bond donors (Lipinski definition) is 1. The number of hydrogen-bond acceptors (Lipinski definition) is 7. The topological polar surface area (TPSA) is 137 Å². The maximum atomic E-state index is 11.9. The second kappa shape index (κ2) is 5.99. The summed E-state index contributed by atoms with van der Waals surface area (Å²) in [5.74, 6) is -1.48. The number of benzene rings is 1. The molecule has 0 aliphatic carbocycles. The Kier molecular flexibility index (Phi) is 4.11. The van der Waals surface area contributed by atoms with E-state index >= 15 is 0 Å². The predicted octanol–water partition coefficient (Wildman–Crippen LogP) is 0.00570. The molecule has 10 heteroatoms. The van der Waals surface area contributed by atoms with Crippen LogP contribution in [0.2, 0.25) is 0 Å². The lowest BCUT2D eigenvalue weighted by Gasteiger charge is -2.06. The van der Waals surface area contributed by atoms with Crippen LogP contribution in [0.5, 0.6) is 0 Å². The zero-order valence-electron chi connectivity index (χ0n) is 11.3. The Morgan fingerprint density at radius 3 is 2.73 bits per heavy atom. The highest BCUT2D eigenvalue weighted by atomic mass is 16.6. The Labute approximate surface area is 122 Å². The standard InChI is InChI=1S/C12H10N4O6/c1-2-22-12(19)9-13-10(17)11(18)15(14-9)7-5-3-4-6-8(7)16(20)21/h3-6H,2H2,1H3,(H,13,14,17). The highest BCUT2D eigenvalue weighted by Crippen LogP contribution is 2.19. The molecule has 0 aliphatic heterocycles. The van der Waals surface area contributed by atoms with Crippen molar-refractivity contribution in [2.75, 3.05) is 6.61 Å². The van der Waals surface area contributed by atoms with Gasteiger partial charge in [-0.2, -0.15) is 4.68 Å². The van der Waals surface area contributed by atoms with E-state index in [1.54, 1.807) is 6.92 Å². The van der Waals surface area contributed by atoms with Gasteiger partial charge in [0.1, 0.15) is 5.69 Å². The molecular formula is C12H10N4O6. The van der Waals surface area contributed by atoms with Crippen molar-refractivity contribution in [3.63, 3.8) is 0 Å². The van der Waals surface area contributed by atoms with Gasteiger partial charge in [0.05, 0.1) is 11.5 Å². The number of para-hydroxylation sites is 2. The third-order valence-electron chi connectivity index (χ3n) is 2.59. The molecule has 0 saturated carbocycles. The number of aromatic nitrogens is 3. The van der Waals surface area contributed by atoms with Crippen LogP contribution < -0.4 is 11.1 Å². The maximum Gasteiger partial charge on any atom is 0.376 e. The molecule has 0 bridgehead atoms. The Morgan fingerprint density at radius 1 is 1.41 bits per heavy atom. The van der Waals surface area contributed by atoms with Crippen molar-refractivity contribution in [1.29, 1.82) is 0 Å². The van der Waals surface area contributed by atoms with Crippen molar-refractivity contribution in [3.8, 4) is 5.69 Å². The summed E-state index contributed by atoms with van der Waals surface area (Å²) >= 11 is 0. The number of nitro benzene ring substituents is 1. The minimum atomic E-state index is -1.15. The summed E-state index contributed by atoms with van der Waals surface area (Å²) in [6.07, 6.45) is 0. The molecule has 1 heterocycles. The minimum absolute atomic E-state index is 0.0349. The van der Waals surface area contributed by atoms with E-state index in [1.165, 1.54) is 18.2 Å². The SMILES string of the molecule is CCOC(=O)c1nn(-c2ccccc2[N+](=O)[O-])c(=O)c(=O)[nH]1. The fourth-order valence-electron chi connectivity index (χ4n) is 1.68. The van der Waals surface area contributed by atoms with Gasteiger partial charge in [-0.3, -0.25) is 24.7 Å². The normalized spacial score (nSPS) is 10.2. The van der Waals surface area contributed by atoms with Gasteiger partial charge in [-0.15, -0.1) is 5.10 Å². The van der Waals surface area contributed by atoms with Crippen LogP contribution in [0.4, 0.5) is 5.69 Å². The van der Waals surface area contributed by atoms with Crippen LogP contribution in [0.1, 0.15) is 17.5 Å². The van der Waals surface area contributed by atoms with Crippen molar-refractivity contribution < 1.29 is 14.5 Å². The number of carbonyl (C=O) groups excluding carboxylic acids is 1. The zero-order chi connectivity index (χ0) is 16.3. The number of esters is 1. The molecule has 0 saturated heterocycles. The smallest absolute Gasteiger partial charge is 0.376 e. The van der Waals surface area contributed by atoms with Crippen molar-refractivity contribution in [3.05, 3.63) is 60.9 Å². The lowest BCUT2D eigenvalue weighted by atomic mass is 10.3. The molecule has 0 radical (unpaired) electrons. The van der Waals surface area contributed by atoms with Crippen LogP contribution in [-0.2, 0) is 4.74 Å². The number of nitrogens with zero attached hydrogens (tertiary/aromatic N) is 3. The summed E-state index contributed by atoms with van der Waals surface area (Å²) in [6, 6.07) is 5.21. The molecule has 0 fully saturated rings. The van der Waals surface area contributed by atoms with E-state index in [-0.39, 0.29) is 12.3 Å². The number of rotatable bonds is 4. The fourth-order valence-corrected chi connectivity index (χ4v) is 1.68. The van der Waals surface area contributed by atoms with Crippen LogP contribution in [0.25, 0.3) is 5.69 Å². The van der Waals surface area contributed by atoms with Crippen molar-refractivity contribution in [2.24, 2.45) is 0 Å². The molecule has 2 rings (SSSR count). The third kappa shape index (κ3) is 2.75. The summed E-state index contributed by atoms with van der Waals surface area (Å²) in [6.45, 7) is 1.58. The number of nitro groups is 1. The molecule has 22 heavy (non-hydrogen) atoms. The van der Waals surface area contributed by atoms with Gasteiger partial charge in [-0.25, -0.2) is 4.79 Å². The summed E-state index contributed by atoms with van der Waals surface area (Å²) in [5, 5.41) is 14.6. The molecule has 0 unspecified atom stereocenters. The molecule has 0 atom stereocenters. The summed E-state index contributed by atoms with van der Waals surface area (Å²) in [7, 11) is 0. The largest absolute Gasteiger partial charge is 0.460 e. The van der Waals surface area contributed by atoms with E-state index in [9.17, 15) is 24.5 Å². The van der Waals surface area contributed by atoms with E-state index in [2.05, 4.69) is 9.84 Å². The first kappa shape index (κ1) is 15.1. The average Bonchev–Trinajstić information content (AvgIpc) is 2.50. The molecule has 0 aliphatic rings. The molecule has 10 nitrogen and oxygen atoms in total.